The van der Waals surface area contributed by atoms with Crippen molar-refractivity contribution in [3.63, 3.8) is 0 Å². The van der Waals surface area contributed by atoms with Crippen molar-refractivity contribution in [2.45, 2.75) is 56.2 Å². The van der Waals surface area contributed by atoms with E-state index in [9.17, 15) is 26.4 Å². The zero-order valence-electron chi connectivity index (χ0n) is 32.4. The molecule has 0 aliphatic heterocycles. The van der Waals surface area contributed by atoms with Gasteiger partial charge in [0.05, 0.1) is 21.0 Å². The summed E-state index contributed by atoms with van der Waals surface area (Å²) in [5.74, 6) is -1.89. The van der Waals surface area contributed by atoms with E-state index in [1.807, 2.05) is 55.5 Å². The average Bonchev–Trinajstić information content (AvgIpc) is 3.18. The highest BCUT2D eigenvalue weighted by Gasteiger charge is 2.21. The third kappa shape index (κ3) is 12.4. The fourth-order valence-corrected chi connectivity index (χ4v) is 9.80. The van der Waals surface area contributed by atoms with Crippen molar-refractivity contribution in [3.05, 3.63) is 188 Å². The maximum Gasteiger partial charge on any atom is 0.335 e. The SMILES string of the molecule is Cc1cc(C)c(S(=O)(=O)Nc2ccc(CCc3cccc(C(=O)O)c3)cc2)c(C)c1.O=C(O)c1cccc(CCc2ccc(NS(=O)(=O)c3cc(Cl)ccc3Cl)cc2)c1. The molecule has 0 bridgehead atoms. The van der Waals surface area contributed by atoms with Crippen molar-refractivity contribution in [2.24, 2.45) is 0 Å². The van der Waals surface area contributed by atoms with E-state index in [1.54, 1.807) is 74.5 Å². The summed E-state index contributed by atoms with van der Waals surface area (Å²) in [6.07, 6.45) is 2.79. The van der Waals surface area contributed by atoms with Gasteiger partial charge in [0.25, 0.3) is 20.0 Å². The van der Waals surface area contributed by atoms with Gasteiger partial charge in [-0.1, -0.05) is 89.4 Å². The summed E-state index contributed by atoms with van der Waals surface area (Å²) in [4.78, 5) is 22.4. The van der Waals surface area contributed by atoms with Crippen LogP contribution in [0.5, 0.6) is 0 Å². The summed E-state index contributed by atoms with van der Waals surface area (Å²) in [5.41, 5.74) is 7.82. The summed E-state index contributed by atoms with van der Waals surface area (Å²) in [6.45, 7) is 5.55. The third-order valence-corrected chi connectivity index (χ3v) is 13.0. The largest absolute Gasteiger partial charge is 0.478 e. The fourth-order valence-electron chi connectivity index (χ4n) is 6.47. The second kappa shape index (κ2) is 19.4. The minimum atomic E-state index is -3.87. The van der Waals surface area contributed by atoms with Crippen molar-refractivity contribution >= 4 is 66.6 Å². The maximum absolute atomic E-state index is 12.9. The summed E-state index contributed by atoms with van der Waals surface area (Å²) in [5, 5.41) is 18.5. The van der Waals surface area contributed by atoms with Crippen LogP contribution in [0.2, 0.25) is 10.0 Å². The smallest absolute Gasteiger partial charge is 0.335 e. The van der Waals surface area contributed by atoms with Gasteiger partial charge in [-0.15, -0.1) is 0 Å². The number of carboxylic acids is 2. The van der Waals surface area contributed by atoms with E-state index in [-0.39, 0.29) is 26.1 Å². The number of hydrogen-bond donors (Lipinski definition) is 4. The first kappa shape index (κ1) is 44.4. The van der Waals surface area contributed by atoms with Crippen LogP contribution in [-0.4, -0.2) is 39.0 Å². The van der Waals surface area contributed by atoms with Gasteiger partial charge in [0, 0.05) is 16.4 Å². The predicted molar refractivity (Wildman–Crippen MR) is 233 cm³/mol. The summed E-state index contributed by atoms with van der Waals surface area (Å²) in [7, 11) is -7.55. The molecule has 59 heavy (non-hydrogen) atoms. The van der Waals surface area contributed by atoms with Crippen LogP contribution in [0, 0.1) is 20.8 Å². The molecule has 306 valence electrons. The molecule has 14 heteroatoms. The number of halogens is 2. The number of nitrogens with one attached hydrogen (secondary N) is 2. The molecule has 0 atom stereocenters. The molecule has 0 heterocycles. The number of hydrogen-bond acceptors (Lipinski definition) is 6. The van der Waals surface area contributed by atoms with Gasteiger partial charge in [-0.25, -0.2) is 26.4 Å². The van der Waals surface area contributed by atoms with E-state index >= 15 is 0 Å². The van der Waals surface area contributed by atoms with Gasteiger partial charge in [-0.2, -0.15) is 0 Å². The molecule has 0 aliphatic rings. The van der Waals surface area contributed by atoms with Gasteiger partial charge >= 0.3 is 11.9 Å². The number of carboxylic acid groups (broad SMARTS) is 2. The molecule has 0 spiro atoms. The van der Waals surface area contributed by atoms with Crippen molar-refractivity contribution in [2.75, 3.05) is 9.44 Å². The van der Waals surface area contributed by atoms with E-state index in [1.165, 1.54) is 18.2 Å². The number of aromatic carboxylic acids is 2. The van der Waals surface area contributed by atoms with Crippen LogP contribution in [0.15, 0.2) is 137 Å². The van der Waals surface area contributed by atoms with Crippen LogP contribution in [0.3, 0.4) is 0 Å². The topological polar surface area (TPSA) is 167 Å². The molecule has 4 N–H and O–H groups in total. The molecule has 6 aromatic carbocycles. The first-order valence-corrected chi connectivity index (χ1v) is 22.0. The Morgan fingerprint density at radius 2 is 0.949 bits per heavy atom. The molecular weight excluding hydrogens is 832 g/mol. The molecule has 0 saturated heterocycles. The van der Waals surface area contributed by atoms with Crippen LogP contribution >= 0.6 is 23.2 Å². The molecule has 6 aromatic rings. The van der Waals surface area contributed by atoms with E-state index in [0.717, 1.165) is 45.4 Å². The highest BCUT2D eigenvalue weighted by molar-refractivity contribution is 7.93. The molecule has 0 saturated carbocycles. The minimum absolute atomic E-state index is 0.0853. The number of aryl methyl sites for hydroxylation is 7. The van der Waals surface area contributed by atoms with Gasteiger partial charge in [0.2, 0.25) is 0 Å². The lowest BCUT2D eigenvalue weighted by Crippen LogP contribution is -2.16. The van der Waals surface area contributed by atoms with Gasteiger partial charge in [-0.3, -0.25) is 9.44 Å². The van der Waals surface area contributed by atoms with E-state index in [4.69, 9.17) is 33.4 Å². The van der Waals surface area contributed by atoms with Gasteiger partial charge < -0.3 is 10.2 Å². The standard InChI is InChI=1S/C24H25NO4S.C21H17Cl2NO4S/c1-16-13-17(2)23(18(3)14-16)30(28,29)25-22-11-9-19(10-12-22)7-8-20-5-4-6-21(15-20)24(26)27;22-17-8-11-19(23)20(13-17)29(27,28)24-18-9-6-14(7-10-18)4-5-15-2-1-3-16(12-15)21(25)26/h4-6,9-15,25H,7-8H2,1-3H3,(H,26,27);1-3,6-13,24H,4-5H2,(H,25,26). The quantitative estimate of drug-likeness (QED) is 0.0839. The Morgan fingerprint density at radius 1 is 0.525 bits per heavy atom. The Labute approximate surface area is 354 Å². The summed E-state index contributed by atoms with van der Waals surface area (Å²) in [6, 6.07) is 35.9. The summed E-state index contributed by atoms with van der Waals surface area (Å²) >= 11 is 11.9. The number of rotatable bonds is 14. The molecule has 0 amide bonds. The van der Waals surface area contributed by atoms with Gasteiger partial charge in [0.15, 0.2) is 0 Å². The Hall–Kier alpha value is -5.66. The Balaban J connectivity index is 0.000000224. The Kier molecular flexibility index (Phi) is 14.6. The second-order valence-electron chi connectivity index (χ2n) is 13.9. The average molecular weight is 874 g/mol. The van der Waals surface area contributed by atoms with Crippen LogP contribution in [0.1, 0.15) is 59.7 Å². The van der Waals surface area contributed by atoms with Crippen LogP contribution in [-0.2, 0) is 45.7 Å². The summed E-state index contributed by atoms with van der Waals surface area (Å²) < 4.78 is 56.0. The predicted octanol–water partition coefficient (Wildman–Crippen LogP) is 10.2. The number of benzene rings is 6. The number of anilines is 2. The Morgan fingerprint density at radius 3 is 1.39 bits per heavy atom. The van der Waals surface area contributed by atoms with E-state index < -0.39 is 32.0 Å². The lowest BCUT2D eigenvalue weighted by Gasteiger charge is -2.14. The minimum Gasteiger partial charge on any atom is -0.478 e. The van der Waals surface area contributed by atoms with Gasteiger partial charge in [-0.05, 0) is 147 Å². The number of sulfonamides is 2. The van der Waals surface area contributed by atoms with Crippen LogP contribution in [0.4, 0.5) is 11.4 Å². The first-order chi connectivity index (χ1) is 27.9. The molecule has 10 nitrogen and oxygen atoms in total. The molecule has 0 aromatic heterocycles. The van der Waals surface area contributed by atoms with Crippen LogP contribution in [0.25, 0.3) is 0 Å². The van der Waals surface area contributed by atoms with Crippen molar-refractivity contribution in [3.8, 4) is 0 Å². The van der Waals surface area contributed by atoms with Crippen molar-refractivity contribution < 1.29 is 36.6 Å². The van der Waals surface area contributed by atoms with E-state index in [2.05, 4.69) is 9.44 Å². The highest BCUT2D eigenvalue weighted by atomic mass is 35.5. The second-order valence-corrected chi connectivity index (χ2v) is 18.0. The monoisotopic (exact) mass is 872 g/mol. The zero-order chi connectivity index (χ0) is 42.9. The van der Waals surface area contributed by atoms with Crippen molar-refractivity contribution in [1.82, 2.24) is 0 Å². The maximum atomic E-state index is 12.9. The van der Waals surface area contributed by atoms with Crippen molar-refractivity contribution in [1.29, 1.82) is 0 Å². The zero-order valence-corrected chi connectivity index (χ0v) is 35.5. The third-order valence-electron chi connectivity index (χ3n) is 9.22. The molecule has 0 radical (unpaired) electrons. The molecular formula is C45H42Cl2N2O8S2. The molecule has 0 unspecified atom stereocenters. The normalized spacial score (nSPS) is 11.3. The highest BCUT2D eigenvalue weighted by Crippen LogP contribution is 2.28. The lowest BCUT2D eigenvalue weighted by molar-refractivity contribution is 0.0686. The lowest BCUT2D eigenvalue weighted by atomic mass is 10.0. The fraction of sp³-hybridized carbons (Fsp3) is 0.156. The molecule has 0 fully saturated rings. The molecule has 6 rings (SSSR count). The van der Waals surface area contributed by atoms with E-state index in [0.29, 0.717) is 35.5 Å². The first-order valence-electron chi connectivity index (χ1n) is 18.3. The Bertz CT molecular complexity index is 2680. The van der Waals surface area contributed by atoms with Crippen LogP contribution < -0.4 is 9.44 Å². The molecule has 0 aliphatic carbocycles. The number of carbonyl (C=O) groups is 2. The van der Waals surface area contributed by atoms with Gasteiger partial charge in [0.1, 0.15) is 4.90 Å².